The molecule has 0 saturated carbocycles. The second-order valence-corrected chi connectivity index (χ2v) is 6.01. The second kappa shape index (κ2) is 5.97. The van der Waals surface area contributed by atoms with Gasteiger partial charge in [0.15, 0.2) is 0 Å². The van der Waals surface area contributed by atoms with Gasteiger partial charge in [-0.3, -0.25) is 4.90 Å². The molecule has 1 saturated heterocycles. The Balaban J connectivity index is 2.90. The van der Waals surface area contributed by atoms with Crippen molar-refractivity contribution in [2.75, 3.05) is 27.4 Å². The van der Waals surface area contributed by atoms with E-state index >= 15 is 0 Å². The molecule has 1 rings (SSSR count). The highest BCUT2D eigenvalue weighted by Crippen LogP contribution is 2.29. The van der Waals surface area contributed by atoms with E-state index in [-0.39, 0.29) is 19.6 Å². The number of hydrogen-bond donors (Lipinski definition) is 1. The summed E-state index contributed by atoms with van der Waals surface area (Å²) in [5.41, 5.74) is -1.95. The first-order valence-corrected chi connectivity index (χ1v) is 6.41. The SMILES string of the molecule is COCC1(O)CC(C(=O)OC)N(C(=O)OC(C)(C)C)C1. The number of aliphatic hydroxyl groups is 1. The van der Waals surface area contributed by atoms with Gasteiger partial charge in [0.05, 0.1) is 20.3 Å². The average Bonchev–Trinajstić information content (AvgIpc) is 2.65. The smallest absolute Gasteiger partial charge is 0.411 e. The first kappa shape index (κ1) is 16.7. The van der Waals surface area contributed by atoms with Crippen molar-refractivity contribution in [2.45, 2.75) is 44.4 Å². The van der Waals surface area contributed by atoms with Gasteiger partial charge in [0.2, 0.25) is 0 Å². The van der Waals surface area contributed by atoms with Gasteiger partial charge < -0.3 is 19.3 Å². The fourth-order valence-electron chi connectivity index (χ4n) is 2.19. The summed E-state index contributed by atoms with van der Waals surface area (Å²) in [5.74, 6) is -0.581. The van der Waals surface area contributed by atoms with E-state index in [1.54, 1.807) is 20.8 Å². The molecule has 1 N–H and O–H groups in total. The van der Waals surface area contributed by atoms with Gasteiger partial charge in [0.25, 0.3) is 0 Å². The topological polar surface area (TPSA) is 85.3 Å². The third-order valence-corrected chi connectivity index (χ3v) is 2.93. The number of methoxy groups -OCH3 is 2. The number of esters is 1. The minimum atomic E-state index is -1.27. The molecule has 20 heavy (non-hydrogen) atoms. The minimum absolute atomic E-state index is 0.0276. The first-order chi connectivity index (χ1) is 9.12. The number of likely N-dealkylation sites (tertiary alicyclic amines) is 1. The Morgan fingerprint density at radius 3 is 2.40 bits per heavy atom. The van der Waals surface area contributed by atoms with Crippen molar-refractivity contribution < 1.29 is 28.9 Å². The predicted octanol–water partition coefficient (Wildman–Crippen LogP) is 0.546. The van der Waals surface area contributed by atoms with Crippen molar-refractivity contribution in [1.29, 1.82) is 0 Å². The van der Waals surface area contributed by atoms with Crippen LogP contribution in [0.5, 0.6) is 0 Å². The van der Waals surface area contributed by atoms with E-state index < -0.39 is 29.3 Å². The Morgan fingerprint density at radius 2 is 1.95 bits per heavy atom. The number of rotatable bonds is 3. The molecule has 1 amide bonds. The molecular weight excluding hydrogens is 266 g/mol. The summed E-state index contributed by atoms with van der Waals surface area (Å²) in [6, 6.07) is -0.866. The van der Waals surface area contributed by atoms with Crippen LogP contribution in [0, 0.1) is 0 Å². The number of nitrogens with zero attached hydrogens (tertiary/aromatic N) is 1. The largest absolute Gasteiger partial charge is 0.467 e. The van der Waals surface area contributed by atoms with E-state index in [2.05, 4.69) is 4.74 Å². The van der Waals surface area contributed by atoms with Crippen LogP contribution >= 0.6 is 0 Å². The molecule has 0 aromatic carbocycles. The molecule has 116 valence electrons. The fraction of sp³-hybridized carbons (Fsp3) is 0.846. The Labute approximate surface area is 118 Å². The van der Waals surface area contributed by atoms with Crippen molar-refractivity contribution in [3.63, 3.8) is 0 Å². The van der Waals surface area contributed by atoms with E-state index in [0.29, 0.717) is 0 Å². The number of β-amino-alcohol motifs (C(OH)–C–C–N with tert-alkyl or cyclic N) is 1. The van der Waals surface area contributed by atoms with Crippen LogP contribution in [-0.4, -0.2) is 66.7 Å². The maximum Gasteiger partial charge on any atom is 0.411 e. The highest BCUT2D eigenvalue weighted by Gasteiger charge is 2.49. The van der Waals surface area contributed by atoms with Crippen molar-refractivity contribution in [3.8, 4) is 0 Å². The number of carbonyl (C=O) groups is 2. The summed E-state index contributed by atoms with van der Waals surface area (Å²) in [6.07, 6.45) is -0.591. The van der Waals surface area contributed by atoms with Gasteiger partial charge in [-0.2, -0.15) is 0 Å². The van der Waals surface area contributed by atoms with Gasteiger partial charge in [-0.1, -0.05) is 0 Å². The minimum Gasteiger partial charge on any atom is -0.467 e. The van der Waals surface area contributed by atoms with Gasteiger partial charge in [-0.05, 0) is 20.8 Å². The summed E-state index contributed by atoms with van der Waals surface area (Å²) >= 11 is 0. The third kappa shape index (κ3) is 4.08. The van der Waals surface area contributed by atoms with Crippen LogP contribution in [-0.2, 0) is 19.0 Å². The molecule has 0 aliphatic carbocycles. The highest BCUT2D eigenvalue weighted by atomic mass is 16.6. The lowest BCUT2D eigenvalue weighted by atomic mass is 10.0. The van der Waals surface area contributed by atoms with Crippen LogP contribution in [0.1, 0.15) is 27.2 Å². The van der Waals surface area contributed by atoms with Gasteiger partial charge in [-0.25, -0.2) is 9.59 Å². The van der Waals surface area contributed by atoms with E-state index in [4.69, 9.17) is 9.47 Å². The Morgan fingerprint density at radius 1 is 1.35 bits per heavy atom. The summed E-state index contributed by atoms with van der Waals surface area (Å²) in [6.45, 7) is 5.19. The molecule has 0 bridgehead atoms. The van der Waals surface area contributed by atoms with Crippen LogP contribution in [0.15, 0.2) is 0 Å². The number of hydrogen-bond acceptors (Lipinski definition) is 6. The fourth-order valence-corrected chi connectivity index (χ4v) is 2.19. The summed E-state index contributed by atoms with van der Waals surface area (Å²) in [4.78, 5) is 25.1. The second-order valence-electron chi connectivity index (χ2n) is 6.01. The van der Waals surface area contributed by atoms with E-state index in [1.807, 2.05) is 0 Å². The van der Waals surface area contributed by atoms with E-state index in [0.717, 1.165) is 0 Å². The standard InChI is InChI=1S/C13H23NO6/c1-12(2,3)20-11(16)14-7-13(17,8-18-4)6-9(14)10(15)19-5/h9,17H,6-8H2,1-5H3. The molecule has 2 unspecified atom stereocenters. The third-order valence-electron chi connectivity index (χ3n) is 2.93. The quantitative estimate of drug-likeness (QED) is 0.764. The Kier molecular flexibility index (Phi) is 4.99. The molecule has 0 aromatic heterocycles. The number of ether oxygens (including phenoxy) is 3. The summed E-state index contributed by atoms with van der Waals surface area (Å²) in [7, 11) is 2.69. The Bertz CT molecular complexity index is 378. The van der Waals surface area contributed by atoms with Crippen molar-refractivity contribution in [3.05, 3.63) is 0 Å². The van der Waals surface area contributed by atoms with E-state index in [9.17, 15) is 14.7 Å². The molecule has 1 heterocycles. The summed E-state index contributed by atoms with van der Waals surface area (Å²) in [5, 5.41) is 10.3. The molecule has 2 atom stereocenters. The van der Waals surface area contributed by atoms with Crippen molar-refractivity contribution >= 4 is 12.1 Å². The maximum absolute atomic E-state index is 12.1. The number of amides is 1. The van der Waals surface area contributed by atoms with Crippen LogP contribution in [0.3, 0.4) is 0 Å². The lowest BCUT2D eigenvalue weighted by Gasteiger charge is -2.27. The monoisotopic (exact) mass is 289 g/mol. The van der Waals surface area contributed by atoms with Crippen LogP contribution in [0.4, 0.5) is 4.79 Å². The summed E-state index contributed by atoms with van der Waals surface area (Å²) < 4.78 is 14.9. The zero-order valence-electron chi connectivity index (χ0n) is 12.6. The highest BCUT2D eigenvalue weighted by molar-refractivity contribution is 5.82. The lowest BCUT2D eigenvalue weighted by molar-refractivity contribution is -0.145. The number of carbonyl (C=O) groups excluding carboxylic acids is 2. The van der Waals surface area contributed by atoms with Gasteiger partial charge >= 0.3 is 12.1 Å². The molecule has 1 aliphatic heterocycles. The molecular formula is C13H23NO6. The van der Waals surface area contributed by atoms with Crippen molar-refractivity contribution in [1.82, 2.24) is 4.90 Å². The molecule has 1 fully saturated rings. The van der Waals surface area contributed by atoms with Crippen LogP contribution in [0.2, 0.25) is 0 Å². The lowest BCUT2D eigenvalue weighted by Crippen LogP contribution is -2.44. The maximum atomic E-state index is 12.1. The molecule has 7 heteroatoms. The zero-order chi connectivity index (χ0) is 15.6. The van der Waals surface area contributed by atoms with Crippen molar-refractivity contribution in [2.24, 2.45) is 0 Å². The zero-order valence-corrected chi connectivity index (χ0v) is 12.6. The normalized spacial score (nSPS) is 26.5. The molecule has 7 nitrogen and oxygen atoms in total. The van der Waals surface area contributed by atoms with Gasteiger partial charge in [0.1, 0.15) is 17.2 Å². The first-order valence-electron chi connectivity index (χ1n) is 6.41. The average molecular weight is 289 g/mol. The molecule has 0 aromatic rings. The van der Waals surface area contributed by atoms with Crippen LogP contribution < -0.4 is 0 Å². The molecule has 0 radical (unpaired) electrons. The predicted molar refractivity (Wildman–Crippen MR) is 70.2 cm³/mol. The van der Waals surface area contributed by atoms with Crippen LogP contribution in [0.25, 0.3) is 0 Å². The van der Waals surface area contributed by atoms with Gasteiger partial charge in [-0.15, -0.1) is 0 Å². The molecule has 0 spiro atoms. The van der Waals surface area contributed by atoms with E-state index in [1.165, 1.54) is 19.1 Å². The molecule has 1 aliphatic rings. The Hall–Kier alpha value is -1.34. The van der Waals surface area contributed by atoms with Gasteiger partial charge in [0, 0.05) is 13.5 Å².